The van der Waals surface area contributed by atoms with Crippen LogP contribution in [-0.2, 0) is 28.9 Å². The average molecular weight is 403 g/mol. The number of benzene rings is 2. The summed E-state index contributed by atoms with van der Waals surface area (Å²) in [5, 5.41) is 6.56. The van der Waals surface area contributed by atoms with Crippen molar-refractivity contribution < 1.29 is 8.42 Å². The highest BCUT2D eigenvalue weighted by molar-refractivity contribution is 7.88. The first-order valence-electron chi connectivity index (χ1n) is 9.36. The Morgan fingerprint density at radius 1 is 0.929 bits per heavy atom. The molecule has 2 aromatic carbocycles. The molecular formula is C21H30N4O2S. The van der Waals surface area contributed by atoms with E-state index >= 15 is 0 Å². The minimum atomic E-state index is -3.38. The van der Waals surface area contributed by atoms with E-state index in [1.54, 1.807) is 7.05 Å². The van der Waals surface area contributed by atoms with Gasteiger partial charge in [-0.2, -0.15) is 0 Å². The highest BCUT2D eigenvalue weighted by Gasteiger charge is 2.15. The summed E-state index contributed by atoms with van der Waals surface area (Å²) < 4.78 is 27.2. The zero-order valence-electron chi connectivity index (χ0n) is 17.0. The first-order valence-corrected chi connectivity index (χ1v) is 11.0. The molecule has 0 saturated heterocycles. The molecule has 28 heavy (non-hydrogen) atoms. The molecule has 0 heterocycles. The summed E-state index contributed by atoms with van der Waals surface area (Å²) in [7, 11) is -1.66. The average Bonchev–Trinajstić information content (AvgIpc) is 2.63. The van der Waals surface area contributed by atoms with Crippen LogP contribution in [0.1, 0.15) is 36.1 Å². The van der Waals surface area contributed by atoms with E-state index in [9.17, 15) is 8.42 Å². The Kier molecular flexibility index (Phi) is 8.02. The molecule has 0 aliphatic heterocycles. The lowest BCUT2D eigenvalue weighted by molar-refractivity contribution is 0.568. The van der Waals surface area contributed by atoms with Crippen LogP contribution in [-0.4, -0.2) is 27.5 Å². The summed E-state index contributed by atoms with van der Waals surface area (Å²) in [4.78, 5) is 4.26. The van der Waals surface area contributed by atoms with Crippen LogP contribution >= 0.6 is 0 Å². The van der Waals surface area contributed by atoms with Crippen molar-refractivity contribution in [2.24, 2.45) is 4.99 Å². The van der Waals surface area contributed by atoms with E-state index in [1.165, 1.54) is 11.1 Å². The first-order chi connectivity index (χ1) is 13.3. The predicted molar refractivity (Wildman–Crippen MR) is 116 cm³/mol. The molecule has 0 radical (unpaired) electrons. The number of rotatable bonds is 8. The molecule has 7 heteroatoms. The minimum absolute atomic E-state index is 0.0434. The van der Waals surface area contributed by atoms with E-state index in [4.69, 9.17) is 0 Å². The van der Waals surface area contributed by atoms with Crippen LogP contribution in [0.3, 0.4) is 0 Å². The van der Waals surface area contributed by atoms with Crippen LogP contribution in [0, 0.1) is 6.92 Å². The summed E-state index contributed by atoms with van der Waals surface area (Å²) in [6, 6.07) is 15.6. The minimum Gasteiger partial charge on any atom is -0.352 e. The Bertz CT molecular complexity index is 908. The normalized spacial score (nSPS) is 12.2. The molecule has 2 aromatic rings. The molecule has 0 amide bonds. The zero-order chi connectivity index (χ0) is 20.6. The third-order valence-corrected chi connectivity index (χ3v) is 5.78. The number of aryl methyl sites for hydroxylation is 1. The van der Waals surface area contributed by atoms with Gasteiger partial charge in [0, 0.05) is 26.2 Å². The topological polar surface area (TPSA) is 82.6 Å². The highest BCUT2D eigenvalue weighted by Crippen LogP contribution is 2.12. The van der Waals surface area contributed by atoms with Crippen LogP contribution in [0.2, 0.25) is 0 Å². The predicted octanol–water partition coefficient (Wildman–Crippen LogP) is 2.69. The van der Waals surface area contributed by atoms with E-state index in [0.717, 1.165) is 11.1 Å². The van der Waals surface area contributed by atoms with Crippen molar-refractivity contribution in [1.82, 2.24) is 15.4 Å². The summed E-state index contributed by atoms with van der Waals surface area (Å²) >= 11 is 0. The molecular weight excluding hydrogens is 372 g/mol. The monoisotopic (exact) mass is 402 g/mol. The summed E-state index contributed by atoms with van der Waals surface area (Å²) in [5.41, 5.74) is 4.13. The molecule has 0 unspecified atom stereocenters. The first kappa shape index (κ1) is 21.9. The second-order valence-electron chi connectivity index (χ2n) is 7.01. The molecule has 2 rings (SSSR count). The van der Waals surface area contributed by atoms with Crippen molar-refractivity contribution in [2.45, 2.75) is 45.7 Å². The van der Waals surface area contributed by atoms with E-state index in [1.807, 2.05) is 50.2 Å². The van der Waals surface area contributed by atoms with Crippen molar-refractivity contribution in [1.29, 1.82) is 0 Å². The standard InChI is InChI=1S/C21H30N4O2S/c1-16(2)25-28(26,27)15-20-12-8-7-11-19(20)14-24-21(22-4)23-13-18-10-6-5-9-17(18)3/h5-12,16,25H,13-15H2,1-4H3,(H2,22,23,24). The molecule has 0 aliphatic carbocycles. The van der Waals surface area contributed by atoms with Crippen molar-refractivity contribution in [2.75, 3.05) is 7.05 Å². The smallest absolute Gasteiger partial charge is 0.216 e. The molecule has 152 valence electrons. The molecule has 0 atom stereocenters. The number of sulfonamides is 1. The Hall–Kier alpha value is -2.38. The maximum Gasteiger partial charge on any atom is 0.216 e. The quantitative estimate of drug-likeness (QED) is 0.468. The fourth-order valence-electron chi connectivity index (χ4n) is 2.86. The number of aliphatic imine (C=N–C) groups is 1. The van der Waals surface area contributed by atoms with E-state index in [-0.39, 0.29) is 11.8 Å². The maximum absolute atomic E-state index is 12.3. The lowest BCUT2D eigenvalue weighted by atomic mass is 10.1. The largest absolute Gasteiger partial charge is 0.352 e. The Labute approximate surface area is 168 Å². The van der Waals surface area contributed by atoms with Crippen LogP contribution < -0.4 is 15.4 Å². The van der Waals surface area contributed by atoms with Gasteiger partial charge in [-0.1, -0.05) is 48.5 Å². The molecule has 6 nitrogen and oxygen atoms in total. The third-order valence-electron chi connectivity index (χ3n) is 4.26. The molecule has 3 N–H and O–H groups in total. The number of hydrogen-bond acceptors (Lipinski definition) is 3. The lowest BCUT2D eigenvalue weighted by Gasteiger charge is -2.16. The third kappa shape index (κ3) is 6.98. The molecule has 0 bridgehead atoms. The van der Waals surface area contributed by atoms with Gasteiger partial charge in [-0.15, -0.1) is 0 Å². The lowest BCUT2D eigenvalue weighted by Crippen LogP contribution is -2.37. The van der Waals surface area contributed by atoms with Gasteiger partial charge in [0.05, 0.1) is 5.75 Å². The Morgan fingerprint density at radius 3 is 2.04 bits per heavy atom. The summed E-state index contributed by atoms with van der Waals surface area (Å²) in [6.45, 7) is 6.86. The highest BCUT2D eigenvalue weighted by atomic mass is 32.2. The Morgan fingerprint density at radius 2 is 1.46 bits per heavy atom. The van der Waals surface area contributed by atoms with Crippen molar-refractivity contribution in [3.05, 3.63) is 70.8 Å². The number of hydrogen-bond donors (Lipinski definition) is 3. The van der Waals surface area contributed by atoms with Gasteiger partial charge in [-0.25, -0.2) is 13.1 Å². The van der Waals surface area contributed by atoms with Crippen LogP contribution in [0.4, 0.5) is 0 Å². The van der Waals surface area contributed by atoms with Crippen molar-refractivity contribution >= 4 is 16.0 Å². The van der Waals surface area contributed by atoms with E-state index in [0.29, 0.717) is 19.0 Å². The van der Waals surface area contributed by atoms with Crippen LogP contribution in [0.25, 0.3) is 0 Å². The van der Waals surface area contributed by atoms with Crippen LogP contribution in [0.5, 0.6) is 0 Å². The van der Waals surface area contributed by atoms with Gasteiger partial charge in [-0.3, -0.25) is 4.99 Å². The summed E-state index contributed by atoms with van der Waals surface area (Å²) in [5.74, 6) is 0.624. The van der Waals surface area contributed by atoms with Gasteiger partial charge in [0.2, 0.25) is 10.0 Å². The fraction of sp³-hybridized carbons (Fsp3) is 0.381. The van der Waals surface area contributed by atoms with Crippen LogP contribution in [0.15, 0.2) is 53.5 Å². The van der Waals surface area contributed by atoms with Gasteiger partial charge < -0.3 is 10.6 Å². The van der Waals surface area contributed by atoms with Gasteiger partial charge in [0.25, 0.3) is 0 Å². The number of nitrogens with one attached hydrogen (secondary N) is 3. The molecule has 0 aromatic heterocycles. The SMILES string of the molecule is CN=C(NCc1ccccc1C)NCc1ccccc1CS(=O)(=O)NC(C)C. The second-order valence-corrected chi connectivity index (χ2v) is 8.76. The molecule has 0 aliphatic rings. The van der Waals surface area contributed by atoms with Gasteiger partial charge in [0.1, 0.15) is 0 Å². The Balaban J connectivity index is 2.00. The van der Waals surface area contributed by atoms with Crippen molar-refractivity contribution in [3.8, 4) is 0 Å². The zero-order valence-corrected chi connectivity index (χ0v) is 17.8. The van der Waals surface area contributed by atoms with Gasteiger partial charge >= 0.3 is 0 Å². The molecule has 0 saturated carbocycles. The summed E-state index contributed by atoms with van der Waals surface area (Å²) in [6.07, 6.45) is 0. The molecule has 0 fully saturated rings. The van der Waals surface area contributed by atoms with Crippen molar-refractivity contribution in [3.63, 3.8) is 0 Å². The van der Waals surface area contributed by atoms with Gasteiger partial charge in [-0.05, 0) is 43.0 Å². The number of nitrogens with zero attached hydrogens (tertiary/aromatic N) is 1. The van der Waals surface area contributed by atoms with E-state index < -0.39 is 10.0 Å². The van der Waals surface area contributed by atoms with Gasteiger partial charge in [0.15, 0.2) is 5.96 Å². The molecule has 0 spiro atoms. The second kappa shape index (κ2) is 10.2. The fourth-order valence-corrected chi connectivity index (χ4v) is 4.36. The van der Waals surface area contributed by atoms with E-state index in [2.05, 4.69) is 39.4 Å². The number of guanidine groups is 1. The maximum atomic E-state index is 12.3.